The highest BCUT2D eigenvalue weighted by Gasteiger charge is 2.11. The molecule has 0 aliphatic carbocycles. The Morgan fingerprint density at radius 3 is 2.50 bits per heavy atom. The van der Waals surface area contributed by atoms with Crippen LogP contribution in [0.15, 0.2) is 11.8 Å². The molecule has 0 aliphatic heterocycles. The molecule has 0 radical (unpaired) electrons. The summed E-state index contributed by atoms with van der Waals surface area (Å²) in [6, 6.07) is 0. The summed E-state index contributed by atoms with van der Waals surface area (Å²) in [5.41, 5.74) is 0.928. The molecule has 2 atom stereocenters. The van der Waals surface area contributed by atoms with E-state index in [1.165, 1.54) is 0 Å². The Kier molecular flexibility index (Phi) is 5.81. The molecule has 0 spiro atoms. The number of hydrogen-bond acceptors (Lipinski definition) is 2. The van der Waals surface area contributed by atoms with Gasteiger partial charge in [0.05, 0.1) is 12.4 Å². The smallest absolute Gasteiger partial charge is 0.0780 e. The predicted octanol–water partition coefficient (Wildman–Crippen LogP) is 2.64. The summed E-state index contributed by atoms with van der Waals surface area (Å²) < 4.78 is 0. The van der Waals surface area contributed by atoms with E-state index in [0.29, 0.717) is 5.92 Å². The van der Waals surface area contributed by atoms with Gasteiger partial charge in [-0.25, -0.2) is 0 Å². The van der Waals surface area contributed by atoms with Crippen LogP contribution in [0, 0.1) is 5.92 Å². The molecule has 0 aromatic heterocycles. The quantitative estimate of drug-likeness (QED) is 0.626. The molecular formula is C10H20O2. The molecule has 72 valence electrons. The van der Waals surface area contributed by atoms with Gasteiger partial charge in [0, 0.05) is 0 Å². The predicted molar refractivity (Wildman–Crippen MR) is 51.1 cm³/mol. The van der Waals surface area contributed by atoms with Crippen molar-refractivity contribution >= 4 is 0 Å². The lowest BCUT2D eigenvalue weighted by molar-refractivity contribution is 0.106. The van der Waals surface area contributed by atoms with Crippen molar-refractivity contribution in [3.63, 3.8) is 0 Å². The summed E-state index contributed by atoms with van der Waals surface area (Å²) in [6.45, 7) is 5.98. The van der Waals surface area contributed by atoms with Gasteiger partial charge in [0.25, 0.3) is 0 Å². The summed E-state index contributed by atoms with van der Waals surface area (Å²) in [6.07, 6.45) is 3.41. The maximum atomic E-state index is 9.55. The lowest BCUT2D eigenvalue weighted by atomic mass is 9.96. The molecule has 0 saturated heterocycles. The number of aliphatic hydroxyl groups is 2. The van der Waals surface area contributed by atoms with Gasteiger partial charge in [-0.05, 0) is 31.3 Å². The van der Waals surface area contributed by atoms with Crippen LogP contribution in [0.3, 0.4) is 0 Å². The lowest BCUT2D eigenvalue weighted by Gasteiger charge is -2.16. The fourth-order valence-corrected chi connectivity index (χ4v) is 0.997. The fourth-order valence-electron chi connectivity index (χ4n) is 0.997. The summed E-state index contributed by atoms with van der Waals surface area (Å²) in [5, 5.41) is 18.2. The minimum atomic E-state index is -0.232. The van der Waals surface area contributed by atoms with E-state index in [1.54, 1.807) is 0 Å². The van der Waals surface area contributed by atoms with Gasteiger partial charge in [-0.3, -0.25) is 0 Å². The van der Waals surface area contributed by atoms with Crippen LogP contribution in [0.4, 0.5) is 0 Å². The highest BCUT2D eigenvalue weighted by molar-refractivity contribution is 4.92. The van der Waals surface area contributed by atoms with Crippen molar-refractivity contribution in [3.05, 3.63) is 11.8 Å². The van der Waals surface area contributed by atoms with Crippen molar-refractivity contribution in [2.45, 2.75) is 46.1 Å². The zero-order valence-electron chi connectivity index (χ0n) is 8.25. The van der Waals surface area contributed by atoms with Crippen LogP contribution in [0.2, 0.25) is 0 Å². The second-order valence-electron chi connectivity index (χ2n) is 3.47. The number of allylic oxidation sites excluding steroid dienone is 1. The highest BCUT2D eigenvalue weighted by atomic mass is 16.3. The van der Waals surface area contributed by atoms with E-state index < -0.39 is 0 Å². The molecule has 0 aromatic carbocycles. The van der Waals surface area contributed by atoms with Crippen LogP contribution >= 0.6 is 0 Å². The van der Waals surface area contributed by atoms with E-state index in [1.807, 2.05) is 13.8 Å². The minimum absolute atomic E-state index is 0.232. The summed E-state index contributed by atoms with van der Waals surface area (Å²) in [4.78, 5) is 0. The number of rotatable bonds is 5. The molecule has 0 aliphatic rings. The molecule has 0 saturated carbocycles. The van der Waals surface area contributed by atoms with Crippen LogP contribution in [-0.2, 0) is 0 Å². The van der Waals surface area contributed by atoms with Gasteiger partial charge in [0.15, 0.2) is 0 Å². The van der Waals surface area contributed by atoms with Crippen LogP contribution < -0.4 is 0 Å². The van der Waals surface area contributed by atoms with Crippen LogP contribution in [-0.4, -0.2) is 16.3 Å². The summed E-state index contributed by atoms with van der Waals surface area (Å²) >= 11 is 0. The van der Waals surface area contributed by atoms with E-state index in [9.17, 15) is 5.11 Å². The zero-order valence-corrected chi connectivity index (χ0v) is 8.25. The Morgan fingerprint density at radius 2 is 2.08 bits per heavy atom. The van der Waals surface area contributed by atoms with Crippen LogP contribution in [0.1, 0.15) is 40.0 Å². The fraction of sp³-hybridized carbons (Fsp3) is 0.800. The SMILES string of the molecule is CCC(C)C(O)CCC(C)=CO. The standard InChI is InChI=1S/C10H20O2/c1-4-9(3)10(12)6-5-8(2)7-11/h7,9-12H,4-6H2,1-3H3. The van der Waals surface area contributed by atoms with Crippen molar-refractivity contribution in [1.82, 2.24) is 0 Å². The average molecular weight is 172 g/mol. The van der Waals surface area contributed by atoms with Crippen LogP contribution in [0.25, 0.3) is 0 Å². The Balaban J connectivity index is 3.63. The molecule has 0 amide bonds. The van der Waals surface area contributed by atoms with Crippen molar-refractivity contribution in [3.8, 4) is 0 Å². The Morgan fingerprint density at radius 1 is 1.50 bits per heavy atom. The first-order valence-electron chi connectivity index (χ1n) is 4.59. The Hall–Kier alpha value is -0.500. The van der Waals surface area contributed by atoms with Gasteiger partial charge >= 0.3 is 0 Å². The molecule has 12 heavy (non-hydrogen) atoms. The molecule has 2 unspecified atom stereocenters. The molecule has 2 N–H and O–H groups in total. The molecule has 0 aromatic rings. The maximum absolute atomic E-state index is 9.55. The second kappa shape index (κ2) is 6.06. The van der Waals surface area contributed by atoms with E-state index >= 15 is 0 Å². The average Bonchev–Trinajstić information content (AvgIpc) is 2.11. The summed E-state index contributed by atoms with van der Waals surface area (Å²) in [5.74, 6) is 0.358. The third kappa shape index (κ3) is 4.39. The number of hydrogen-bond donors (Lipinski definition) is 2. The topological polar surface area (TPSA) is 40.5 Å². The van der Waals surface area contributed by atoms with Gasteiger partial charge in [-0.2, -0.15) is 0 Å². The van der Waals surface area contributed by atoms with Crippen LogP contribution in [0.5, 0.6) is 0 Å². The summed E-state index contributed by atoms with van der Waals surface area (Å²) in [7, 11) is 0. The van der Waals surface area contributed by atoms with E-state index in [0.717, 1.165) is 31.1 Å². The van der Waals surface area contributed by atoms with Crippen molar-refractivity contribution in [1.29, 1.82) is 0 Å². The normalized spacial score (nSPS) is 17.5. The largest absolute Gasteiger partial charge is 0.516 e. The molecule has 2 heteroatoms. The van der Waals surface area contributed by atoms with E-state index in [4.69, 9.17) is 5.11 Å². The molecule has 0 bridgehead atoms. The third-order valence-corrected chi connectivity index (χ3v) is 2.36. The van der Waals surface area contributed by atoms with Gasteiger partial charge in [0.2, 0.25) is 0 Å². The van der Waals surface area contributed by atoms with Gasteiger partial charge in [-0.1, -0.05) is 20.3 Å². The molecule has 0 fully saturated rings. The van der Waals surface area contributed by atoms with E-state index in [2.05, 4.69) is 6.92 Å². The van der Waals surface area contributed by atoms with Gasteiger partial charge in [-0.15, -0.1) is 0 Å². The Bertz CT molecular complexity index is 141. The second-order valence-corrected chi connectivity index (χ2v) is 3.47. The monoisotopic (exact) mass is 172 g/mol. The first kappa shape index (κ1) is 11.5. The minimum Gasteiger partial charge on any atom is -0.516 e. The lowest BCUT2D eigenvalue weighted by Crippen LogP contribution is -2.16. The Labute approximate surface area is 74.9 Å². The van der Waals surface area contributed by atoms with Crippen molar-refractivity contribution in [2.24, 2.45) is 5.92 Å². The van der Waals surface area contributed by atoms with E-state index in [-0.39, 0.29) is 6.10 Å². The van der Waals surface area contributed by atoms with Gasteiger partial charge in [0.1, 0.15) is 0 Å². The maximum Gasteiger partial charge on any atom is 0.0780 e. The highest BCUT2D eigenvalue weighted by Crippen LogP contribution is 2.15. The molecular weight excluding hydrogens is 152 g/mol. The molecule has 0 rings (SSSR count). The van der Waals surface area contributed by atoms with Gasteiger partial charge < -0.3 is 10.2 Å². The zero-order chi connectivity index (χ0) is 9.56. The third-order valence-electron chi connectivity index (χ3n) is 2.36. The first-order chi connectivity index (χ1) is 5.61. The molecule has 2 nitrogen and oxygen atoms in total. The van der Waals surface area contributed by atoms with Crippen molar-refractivity contribution < 1.29 is 10.2 Å². The first-order valence-corrected chi connectivity index (χ1v) is 4.59. The molecule has 0 heterocycles. The number of aliphatic hydroxyl groups excluding tert-OH is 2. The van der Waals surface area contributed by atoms with Crippen molar-refractivity contribution in [2.75, 3.05) is 0 Å².